The zero-order valence-corrected chi connectivity index (χ0v) is 9.24. The molecule has 0 saturated carbocycles. The number of carbonyl (C=O) groups excluding carboxylic acids is 1. The first kappa shape index (κ1) is 10.9. The van der Waals surface area contributed by atoms with Gasteiger partial charge in [-0.1, -0.05) is 0 Å². The highest BCUT2D eigenvalue weighted by molar-refractivity contribution is 5.79. The van der Waals surface area contributed by atoms with Gasteiger partial charge in [-0.25, -0.2) is 4.79 Å². The van der Waals surface area contributed by atoms with Crippen LogP contribution in [0.15, 0.2) is 0 Å². The van der Waals surface area contributed by atoms with Crippen molar-refractivity contribution in [3.63, 3.8) is 0 Å². The number of rotatable bonds is 2. The lowest BCUT2D eigenvalue weighted by atomic mass is 9.86. The Morgan fingerprint density at radius 1 is 1.60 bits per heavy atom. The summed E-state index contributed by atoms with van der Waals surface area (Å²) in [6.45, 7) is 4.05. The number of aliphatic hydroxyl groups is 1. The molecule has 2 unspecified atom stereocenters. The van der Waals surface area contributed by atoms with E-state index in [0.29, 0.717) is 25.5 Å². The number of fused-ring (bicyclic) bond motifs is 1. The molecule has 2 aliphatic rings. The number of ether oxygens (including phenoxy) is 1. The summed E-state index contributed by atoms with van der Waals surface area (Å²) in [5, 5.41) is 10.2. The Morgan fingerprint density at radius 2 is 2.40 bits per heavy atom. The van der Waals surface area contributed by atoms with Gasteiger partial charge in [0.05, 0.1) is 6.61 Å². The number of esters is 1. The number of nitrogens with zero attached hydrogens (tertiary/aromatic N) is 1. The van der Waals surface area contributed by atoms with Gasteiger partial charge in [0.25, 0.3) is 0 Å². The van der Waals surface area contributed by atoms with Crippen molar-refractivity contribution in [3.05, 3.63) is 0 Å². The third-order valence-electron chi connectivity index (χ3n) is 3.54. The number of hydrogen-bond donors (Lipinski definition) is 1. The Balaban J connectivity index is 2.01. The zero-order valence-electron chi connectivity index (χ0n) is 9.24. The predicted octanol–water partition coefficient (Wildman–Crippen LogP) is 0.539. The molecule has 1 N–H and O–H groups in total. The SMILES string of the molecule is CCOC(=O)C1(O)CCN2CCCC2C1. The van der Waals surface area contributed by atoms with Crippen LogP contribution in [0.5, 0.6) is 0 Å². The van der Waals surface area contributed by atoms with E-state index in [1.165, 1.54) is 6.42 Å². The standard InChI is InChI=1S/C11H19NO3/c1-2-15-10(13)11(14)5-7-12-6-3-4-9(12)8-11/h9,14H,2-8H2,1H3. The summed E-state index contributed by atoms with van der Waals surface area (Å²) in [4.78, 5) is 14.0. The van der Waals surface area contributed by atoms with Gasteiger partial charge >= 0.3 is 5.97 Å². The minimum Gasteiger partial charge on any atom is -0.464 e. The molecular weight excluding hydrogens is 194 g/mol. The van der Waals surface area contributed by atoms with Gasteiger partial charge in [0.15, 0.2) is 5.60 Å². The van der Waals surface area contributed by atoms with Crippen LogP contribution in [0.3, 0.4) is 0 Å². The smallest absolute Gasteiger partial charge is 0.338 e. The van der Waals surface area contributed by atoms with Crippen molar-refractivity contribution < 1.29 is 14.6 Å². The lowest BCUT2D eigenvalue weighted by Crippen LogP contribution is -2.52. The molecule has 0 amide bonds. The second kappa shape index (κ2) is 4.10. The van der Waals surface area contributed by atoms with Gasteiger partial charge in [0.1, 0.15) is 0 Å². The normalized spacial score (nSPS) is 36.3. The third kappa shape index (κ3) is 2.01. The van der Waals surface area contributed by atoms with Crippen LogP contribution in [0.1, 0.15) is 32.6 Å². The fourth-order valence-electron chi connectivity index (χ4n) is 2.69. The molecule has 0 bridgehead atoms. The molecule has 2 rings (SSSR count). The number of hydrogen-bond acceptors (Lipinski definition) is 4. The van der Waals surface area contributed by atoms with Crippen molar-refractivity contribution in [2.75, 3.05) is 19.7 Å². The summed E-state index contributed by atoms with van der Waals surface area (Å²) in [6.07, 6.45) is 3.35. The van der Waals surface area contributed by atoms with Crippen LogP contribution >= 0.6 is 0 Å². The lowest BCUT2D eigenvalue weighted by Gasteiger charge is -2.38. The summed E-state index contributed by atoms with van der Waals surface area (Å²) >= 11 is 0. The van der Waals surface area contributed by atoms with Crippen molar-refractivity contribution in [2.45, 2.75) is 44.2 Å². The van der Waals surface area contributed by atoms with Gasteiger partial charge in [-0.15, -0.1) is 0 Å². The van der Waals surface area contributed by atoms with Crippen molar-refractivity contribution in [2.24, 2.45) is 0 Å². The summed E-state index contributed by atoms with van der Waals surface area (Å²) in [5.74, 6) is -0.434. The van der Waals surface area contributed by atoms with Crippen molar-refractivity contribution in [3.8, 4) is 0 Å². The fraction of sp³-hybridized carbons (Fsp3) is 0.909. The molecule has 2 aliphatic heterocycles. The van der Waals surface area contributed by atoms with Gasteiger partial charge in [-0.3, -0.25) is 0 Å². The van der Waals surface area contributed by atoms with E-state index >= 15 is 0 Å². The highest BCUT2D eigenvalue weighted by Gasteiger charge is 2.46. The largest absolute Gasteiger partial charge is 0.464 e. The maximum Gasteiger partial charge on any atom is 0.338 e. The van der Waals surface area contributed by atoms with Gasteiger partial charge in [0, 0.05) is 19.0 Å². The van der Waals surface area contributed by atoms with Crippen LogP contribution in [0.4, 0.5) is 0 Å². The van der Waals surface area contributed by atoms with E-state index in [-0.39, 0.29) is 0 Å². The molecule has 4 heteroatoms. The van der Waals surface area contributed by atoms with Crippen LogP contribution in [0.2, 0.25) is 0 Å². The molecule has 86 valence electrons. The minimum atomic E-state index is -1.22. The average molecular weight is 213 g/mol. The van der Waals surface area contributed by atoms with E-state index in [0.717, 1.165) is 19.5 Å². The summed E-state index contributed by atoms with van der Waals surface area (Å²) in [5.41, 5.74) is -1.22. The minimum absolute atomic E-state index is 0.343. The highest BCUT2D eigenvalue weighted by Crippen LogP contribution is 2.33. The molecule has 0 radical (unpaired) electrons. The summed E-state index contributed by atoms with van der Waals surface area (Å²) in [7, 11) is 0. The van der Waals surface area contributed by atoms with E-state index in [1.54, 1.807) is 6.92 Å². The summed E-state index contributed by atoms with van der Waals surface area (Å²) < 4.78 is 4.93. The molecule has 0 spiro atoms. The van der Waals surface area contributed by atoms with Crippen molar-refractivity contribution in [1.29, 1.82) is 0 Å². The molecule has 2 fully saturated rings. The van der Waals surface area contributed by atoms with Crippen LogP contribution < -0.4 is 0 Å². The lowest BCUT2D eigenvalue weighted by molar-refractivity contribution is -0.171. The number of piperidine rings is 1. The Morgan fingerprint density at radius 3 is 3.13 bits per heavy atom. The molecule has 4 nitrogen and oxygen atoms in total. The second-order valence-corrected chi connectivity index (χ2v) is 4.54. The van der Waals surface area contributed by atoms with Gasteiger partial charge in [-0.2, -0.15) is 0 Å². The van der Waals surface area contributed by atoms with E-state index in [9.17, 15) is 9.90 Å². The van der Waals surface area contributed by atoms with E-state index < -0.39 is 11.6 Å². The molecule has 0 aliphatic carbocycles. The van der Waals surface area contributed by atoms with Crippen LogP contribution in [-0.4, -0.2) is 47.3 Å². The Kier molecular flexibility index (Phi) is 2.98. The highest BCUT2D eigenvalue weighted by atomic mass is 16.5. The Bertz CT molecular complexity index is 256. The molecule has 2 atom stereocenters. The van der Waals surface area contributed by atoms with Crippen molar-refractivity contribution >= 4 is 5.97 Å². The molecule has 2 saturated heterocycles. The Labute approximate surface area is 90.2 Å². The second-order valence-electron chi connectivity index (χ2n) is 4.54. The topological polar surface area (TPSA) is 49.8 Å². The van der Waals surface area contributed by atoms with E-state index in [4.69, 9.17) is 4.74 Å². The molecule has 2 heterocycles. The average Bonchev–Trinajstić information content (AvgIpc) is 2.65. The first-order chi connectivity index (χ1) is 7.15. The van der Waals surface area contributed by atoms with E-state index in [2.05, 4.69) is 4.90 Å². The Hall–Kier alpha value is -0.610. The zero-order chi connectivity index (χ0) is 10.9. The summed E-state index contributed by atoms with van der Waals surface area (Å²) in [6, 6.07) is 0.383. The third-order valence-corrected chi connectivity index (χ3v) is 3.54. The maximum atomic E-state index is 11.6. The first-order valence-corrected chi connectivity index (χ1v) is 5.79. The fourth-order valence-corrected chi connectivity index (χ4v) is 2.69. The molecular formula is C11H19NO3. The van der Waals surface area contributed by atoms with Gasteiger partial charge < -0.3 is 14.7 Å². The van der Waals surface area contributed by atoms with Crippen molar-refractivity contribution in [1.82, 2.24) is 4.90 Å². The van der Waals surface area contributed by atoms with E-state index in [1.807, 2.05) is 0 Å². The predicted molar refractivity (Wildman–Crippen MR) is 55.4 cm³/mol. The molecule has 0 aromatic heterocycles. The maximum absolute atomic E-state index is 11.6. The molecule has 0 aromatic rings. The molecule has 15 heavy (non-hydrogen) atoms. The monoisotopic (exact) mass is 213 g/mol. The van der Waals surface area contributed by atoms with Crippen LogP contribution in [0, 0.1) is 0 Å². The quantitative estimate of drug-likeness (QED) is 0.680. The molecule has 0 aromatic carbocycles. The first-order valence-electron chi connectivity index (χ1n) is 5.79. The van der Waals surface area contributed by atoms with Gasteiger partial charge in [-0.05, 0) is 32.7 Å². The van der Waals surface area contributed by atoms with Crippen LogP contribution in [0.25, 0.3) is 0 Å². The van der Waals surface area contributed by atoms with Gasteiger partial charge in [0.2, 0.25) is 0 Å². The van der Waals surface area contributed by atoms with Crippen LogP contribution in [-0.2, 0) is 9.53 Å². The number of carbonyl (C=O) groups is 1.